The average molecular weight is 446 g/mol. The van der Waals surface area contributed by atoms with Crippen molar-refractivity contribution in [3.8, 4) is 11.1 Å². The number of halogens is 1. The third-order valence-electron chi connectivity index (χ3n) is 5.94. The van der Waals surface area contributed by atoms with Crippen LogP contribution in [0.25, 0.3) is 11.1 Å². The molecule has 4 rings (SSSR count). The van der Waals surface area contributed by atoms with E-state index in [1.165, 1.54) is 12.1 Å². The van der Waals surface area contributed by atoms with Gasteiger partial charge < -0.3 is 15.7 Å². The van der Waals surface area contributed by atoms with E-state index in [-0.39, 0.29) is 11.5 Å². The predicted octanol–water partition coefficient (Wildman–Crippen LogP) is 5.82. The van der Waals surface area contributed by atoms with Gasteiger partial charge in [-0.3, -0.25) is 9.59 Å². The number of carboxylic acids is 1. The van der Waals surface area contributed by atoms with E-state index in [0.29, 0.717) is 24.1 Å². The van der Waals surface area contributed by atoms with Gasteiger partial charge in [0.15, 0.2) is 5.78 Å². The molecule has 2 amide bonds. The van der Waals surface area contributed by atoms with E-state index < -0.39 is 29.7 Å². The lowest BCUT2D eigenvalue weighted by molar-refractivity contribution is -0.142. The summed E-state index contributed by atoms with van der Waals surface area (Å²) in [6.07, 6.45) is 1.91. The molecule has 0 aliphatic heterocycles. The minimum Gasteiger partial charge on any atom is -0.481 e. The maximum Gasteiger partial charge on any atom is 0.323 e. The van der Waals surface area contributed by atoms with Crippen LogP contribution in [0.2, 0.25) is 0 Å². The molecule has 0 bridgehead atoms. The zero-order valence-corrected chi connectivity index (χ0v) is 17.8. The SMILES string of the molecule is O=C(Nc1ccc(-c2ccc(C(=O)C3CCC[C@H]3C(=O)O)cc2)cc1)Nc1ccccc1F. The lowest BCUT2D eigenvalue weighted by Gasteiger charge is -2.14. The number of nitrogens with one attached hydrogen (secondary N) is 2. The van der Waals surface area contributed by atoms with Gasteiger partial charge in [0.2, 0.25) is 0 Å². The van der Waals surface area contributed by atoms with Crippen LogP contribution in [0.5, 0.6) is 0 Å². The topological polar surface area (TPSA) is 95.5 Å². The molecule has 1 aliphatic rings. The van der Waals surface area contributed by atoms with Crippen LogP contribution in [0.3, 0.4) is 0 Å². The van der Waals surface area contributed by atoms with Crippen LogP contribution in [0.4, 0.5) is 20.6 Å². The Morgan fingerprint density at radius 3 is 2.03 bits per heavy atom. The molecule has 1 fully saturated rings. The molecule has 3 aromatic carbocycles. The summed E-state index contributed by atoms with van der Waals surface area (Å²) in [4.78, 5) is 36.3. The van der Waals surface area contributed by atoms with Crippen LogP contribution in [-0.2, 0) is 4.79 Å². The number of carbonyl (C=O) groups excluding carboxylic acids is 2. The van der Waals surface area contributed by atoms with E-state index in [1.54, 1.807) is 36.4 Å². The van der Waals surface area contributed by atoms with E-state index in [1.807, 2.05) is 24.3 Å². The fourth-order valence-electron chi connectivity index (χ4n) is 4.20. The number of ketones is 1. The highest BCUT2D eigenvalue weighted by molar-refractivity contribution is 6.01. The monoisotopic (exact) mass is 446 g/mol. The molecule has 2 atom stereocenters. The van der Waals surface area contributed by atoms with E-state index in [4.69, 9.17) is 0 Å². The van der Waals surface area contributed by atoms with Crippen molar-refractivity contribution in [1.82, 2.24) is 0 Å². The van der Waals surface area contributed by atoms with Crippen LogP contribution in [0.1, 0.15) is 29.6 Å². The first-order valence-corrected chi connectivity index (χ1v) is 10.7. The maximum absolute atomic E-state index is 13.7. The highest BCUT2D eigenvalue weighted by Gasteiger charge is 2.37. The summed E-state index contributed by atoms with van der Waals surface area (Å²) >= 11 is 0. The molecular formula is C26H23FN2O4. The summed E-state index contributed by atoms with van der Waals surface area (Å²) < 4.78 is 13.7. The molecule has 7 heteroatoms. The number of benzene rings is 3. The molecule has 0 heterocycles. The highest BCUT2D eigenvalue weighted by Crippen LogP contribution is 2.35. The molecular weight excluding hydrogens is 423 g/mol. The Balaban J connectivity index is 1.40. The first-order valence-electron chi connectivity index (χ1n) is 10.7. The quantitative estimate of drug-likeness (QED) is 0.416. The molecule has 6 nitrogen and oxygen atoms in total. The van der Waals surface area contributed by atoms with Crippen LogP contribution in [0.15, 0.2) is 72.8 Å². The van der Waals surface area contributed by atoms with Crippen molar-refractivity contribution in [2.45, 2.75) is 19.3 Å². The minimum atomic E-state index is -0.904. The number of hydrogen-bond acceptors (Lipinski definition) is 3. The van der Waals surface area contributed by atoms with Gasteiger partial charge in [-0.15, -0.1) is 0 Å². The molecule has 1 saturated carbocycles. The first kappa shape index (κ1) is 22.2. The number of para-hydroxylation sites is 1. The lowest BCUT2D eigenvalue weighted by atomic mass is 9.88. The van der Waals surface area contributed by atoms with Crippen LogP contribution in [-0.4, -0.2) is 22.9 Å². The number of carbonyl (C=O) groups is 3. The Morgan fingerprint density at radius 2 is 1.39 bits per heavy atom. The number of carboxylic acid groups (broad SMARTS) is 1. The first-order chi connectivity index (χ1) is 15.9. The Labute approximate surface area is 190 Å². The van der Waals surface area contributed by atoms with Crippen molar-refractivity contribution in [2.75, 3.05) is 10.6 Å². The van der Waals surface area contributed by atoms with Crippen LogP contribution >= 0.6 is 0 Å². The van der Waals surface area contributed by atoms with Gasteiger partial charge in [-0.1, -0.05) is 55.0 Å². The second-order valence-electron chi connectivity index (χ2n) is 8.06. The second-order valence-corrected chi connectivity index (χ2v) is 8.06. The smallest absolute Gasteiger partial charge is 0.323 e. The van der Waals surface area contributed by atoms with Crippen molar-refractivity contribution in [1.29, 1.82) is 0 Å². The minimum absolute atomic E-state index is 0.0912. The molecule has 1 unspecified atom stereocenters. The van der Waals surface area contributed by atoms with Gasteiger partial charge in [0.25, 0.3) is 0 Å². The highest BCUT2D eigenvalue weighted by atomic mass is 19.1. The fourth-order valence-corrected chi connectivity index (χ4v) is 4.20. The van der Waals surface area contributed by atoms with Crippen molar-refractivity contribution < 1.29 is 23.9 Å². The standard InChI is InChI=1S/C26H23FN2O4/c27-22-6-1-2-7-23(22)29-26(33)28-19-14-12-17(13-15-19)16-8-10-18(11-9-16)24(30)20-4-3-5-21(20)25(31)32/h1-2,6-15,20-21H,3-5H2,(H,31,32)(H2,28,29,33)/t20?,21-/m1/s1. The summed E-state index contributed by atoms with van der Waals surface area (Å²) in [5.41, 5.74) is 2.92. The van der Waals surface area contributed by atoms with E-state index in [9.17, 15) is 23.9 Å². The maximum atomic E-state index is 13.7. The molecule has 0 spiro atoms. The molecule has 0 radical (unpaired) electrons. The van der Waals surface area contributed by atoms with Crippen molar-refractivity contribution >= 4 is 29.2 Å². The summed E-state index contributed by atoms with van der Waals surface area (Å²) in [6, 6.07) is 19.6. The Morgan fingerprint density at radius 1 is 0.788 bits per heavy atom. The van der Waals surface area contributed by atoms with Gasteiger partial charge in [0.05, 0.1) is 11.6 Å². The van der Waals surface area contributed by atoms with Gasteiger partial charge in [-0.2, -0.15) is 0 Å². The zero-order chi connectivity index (χ0) is 23.4. The number of aliphatic carboxylic acids is 1. The van der Waals surface area contributed by atoms with Crippen LogP contribution in [0, 0.1) is 17.7 Å². The predicted molar refractivity (Wildman–Crippen MR) is 124 cm³/mol. The number of hydrogen-bond donors (Lipinski definition) is 3. The van der Waals surface area contributed by atoms with Gasteiger partial charge in [0.1, 0.15) is 5.82 Å². The van der Waals surface area contributed by atoms with E-state index >= 15 is 0 Å². The number of urea groups is 1. The normalized spacial score (nSPS) is 17.4. The number of Topliss-reactive ketones (excluding diaryl/α,β-unsaturated/α-hetero) is 1. The zero-order valence-electron chi connectivity index (χ0n) is 17.8. The average Bonchev–Trinajstić information content (AvgIpc) is 3.31. The summed E-state index contributed by atoms with van der Waals surface area (Å²) in [5, 5.41) is 14.5. The molecule has 3 aromatic rings. The number of amides is 2. The van der Waals surface area contributed by atoms with Crippen molar-refractivity contribution in [3.63, 3.8) is 0 Å². The second kappa shape index (κ2) is 9.65. The molecule has 33 heavy (non-hydrogen) atoms. The third-order valence-corrected chi connectivity index (χ3v) is 5.94. The van der Waals surface area contributed by atoms with Crippen molar-refractivity contribution in [2.24, 2.45) is 11.8 Å². The Bertz CT molecular complexity index is 1180. The van der Waals surface area contributed by atoms with E-state index in [2.05, 4.69) is 10.6 Å². The number of anilines is 2. The Hall–Kier alpha value is -4.00. The third kappa shape index (κ3) is 5.09. The molecule has 3 N–H and O–H groups in total. The Kier molecular flexibility index (Phi) is 6.49. The molecule has 0 saturated heterocycles. The van der Waals surface area contributed by atoms with Gasteiger partial charge in [-0.05, 0) is 48.2 Å². The fraction of sp³-hybridized carbons (Fsp3) is 0.192. The summed E-state index contributed by atoms with van der Waals surface area (Å²) in [5.74, 6) is -2.61. The number of rotatable bonds is 6. The van der Waals surface area contributed by atoms with Gasteiger partial charge >= 0.3 is 12.0 Å². The van der Waals surface area contributed by atoms with Gasteiger partial charge in [-0.25, -0.2) is 9.18 Å². The lowest BCUT2D eigenvalue weighted by Crippen LogP contribution is -2.25. The summed E-state index contributed by atoms with van der Waals surface area (Å²) in [6.45, 7) is 0. The molecule has 1 aliphatic carbocycles. The largest absolute Gasteiger partial charge is 0.481 e. The van der Waals surface area contributed by atoms with Crippen LogP contribution < -0.4 is 10.6 Å². The van der Waals surface area contributed by atoms with Gasteiger partial charge in [0, 0.05) is 17.2 Å². The van der Waals surface area contributed by atoms with E-state index in [0.717, 1.165) is 17.5 Å². The molecule has 0 aromatic heterocycles. The molecule has 168 valence electrons. The summed E-state index contributed by atoms with van der Waals surface area (Å²) in [7, 11) is 0. The van der Waals surface area contributed by atoms with Crippen molar-refractivity contribution in [3.05, 3.63) is 84.2 Å².